The number of rotatable bonds is 6. The maximum absolute atomic E-state index is 13.0. The van der Waals surface area contributed by atoms with E-state index in [0.717, 1.165) is 18.5 Å². The quantitative estimate of drug-likeness (QED) is 0.641. The molecule has 0 saturated heterocycles. The van der Waals surface area contributed by atoms with Crippen molar-refractivity contribution in [1.29, 1.82) is 0 Å². The Hall–Kier alpha value is -2.79. The minimum absolute atomic E-state index is 0.0478. The lowest BCUT2D eigenvalue weighted by Gasteiger charge is -2.18. The lowest BCUT2D eigenvalue weighted by atomic mass is 10.1. The predicted octanol–water partition coefficient (Wildman–Crippen LogP) is 5.12. The molecule has 1 amide bonds. The van der Waals surface area contributed by atoms with Crippen LogP contribution in [0.3, 0.4) is 0 Å². The van der Waals surface area contributed by atoms with Crippen LogP contribution in [0.1, 0.15) is 35.8 Å². The Morgan fingerprint density at radius 2 is 2.00 bits per heavy atom. The molecule has 1 aromatic carbocycles. The van der Waals surface area contributed by atoms with E-state index in [2.05, 4.69) is 12.2 Å². The van der Waals surface area contributed by atoms with E-state index in [1.54, 1.807) is 36.4 Å². The highest BCUT2D eigenvalue weighted by molar-refractivity contribution is 6.34. The van der Waals surface area contributed by atoms with E-state index in [-0.39, 0.29) is 11.0 Å². The topological polar surface area (TPSA) is 64.2 Å². The van der Waals surface area contributed by atoms with Crippen molar-refractivity contribution < 1.29 is 9.21 Å². The van der Waals surface area contributed by atoms with Crippen LogP contribution in [0.2, 0.25) is 5.02 Å². The first-order chi connectivity index (χ1) is 13.0. The molecule has 0 saturated carbocycles. The molecule has 27 heavy (non-hydrogen) atoms. The lowest BCUT2D eigenvalue weighted by Crippen LogP contribution is -2.26. The Bertz CT molecular complexity index is 1010. The van der Waals surface area contributed by atoms with Crippen LogP contribution in [0.25, 0.3) is 11.5 Å². The molecule has 0 spiro atoms. The van der Waals surface area contributed by atoms with E-state index >= 15 is 0 Å². The van der Waals surface area contributed by atoms with Crippen molar-refractivity contribution in [1.82, 2.24) is 4.57 Å². The highest BCUT2D eigenvalue weighted by Crippen LogP contribution is 2.27. The van der Waals surface area contributed by atoms with Crippen LogP contribution in [0.5, 0.6) is 0 Å². The summed E-state index contributed by atoms with van der Waals surface area (Å²) in [7, 11) is 0. The van der Waals surface area contributed by atoms with Gasteiger partial charge < -0.3 is 14.3 Å². The number of nitrogens with one attached hydrogen (secondary N) is 1. The number of carbonyl (C=O) groups excluding carboxylic acids is 1. The van der Waals surface area contributed by atoms with Crippen LogP contribution in [0.4, 0.5) is 5.69 Å². The summed E-state index contributed by atoms with van der Waals surface area (Å²) in [6, 6.07) is 11.9. The monoisotopic (exact) mass is 384 g/mol. The molecule has 0 bridgehead atoms. The Kier molecular flexibility index (Phi) is 5.81. The van der Waals surface area contributed by atoms with Gasteiger partial charge in [0, 0.05) is 18.3 Å². The second kappa shape index (κ2) is 8.27. The molecule has 2 heterocycles. The normalized spacial score (nSPS) is 10.8. The number of aryl methyl sites for hydroxylation is 1. The van der Waals surface area contributed by atoms with E-state index in [1.807, 2.05) is 11.5 Å². The van der Waals surface area contributed by atoms with Crippen LogP contribution in [-0.2, 0) is 6.54 Å². The number of hydrogen-bond donors (Lipinski definition) is 1. The molecule has 0 aliphatic heterocycles. The van der Waals surface area contributed by atoms with E-state index in [9.17, 15) is 9.59 Å². The van der Waals surface area contributed by atoms with Crippen LogP contribution >= 0.6 is 11.6 Å². The van der Waals surface area contributed by atoms with Gasteiger partial charge in [0.15, 0.2) is 11.2 Å². The Balaban J connectivity index is 2.15. The van der Waals surface area contributed by atoms with Crippen LogP contribution < -0.4 is 10.7 Å². The van der Waals surface area contributed by atoms with Crippen molar-refractivity contribution >= 4 is 23.2 Å². The van der Waals surface area contributed by atoms with Crippen molar-refractivity contribution in [3.8, 4) is 11.5 Å². The molecule has 0 aliphatic carbocycles. The molecule has 0 unspecified atom stereocenters. The third-order valence-corrected chi connectivity index (χ3v) is 4.69. The zero-order valence-electron chi connectivity index (χ0n) is 15.3. The zero-order chi connectivity index (χ0) is 19.4. The summed E-state index contributed by atoms with van der Waals surface area (Å²) >= 11 is 6.14. The van der Waals surface area contributed by atoms with Crippen LogP contribution in [0, 0.1) is 6.92 Å². The lowest BCUT2D eigenvalue weighted by molar-refractivity contribution is 0.102. The zero-order valence-corrected chi connectivity index (χ0v) is 16.0. The summed E-state index contributed by atoms with van der Waals surface area (Å²) in [6.07, 6.45) is 3.44. The molecule has 140 valence electrons. The Morgan fingerprint density at radius 1 is 1.22 bits per heavy atom. The smallest absolute Gasteiger partial charge is 0.261 e. The van der Waals surface area contributed by atoms with Gasteiger partial charge in [0.1, 0.15) is 11.3 Å². The minimum Gasteiger partial charge on any atom is -0.463 e. The predicted molar refractivity (Wildman–Crippen MR) is 107 cm³/mol. The summed E-state index contributed by atoms with van der Waals surface area (Å²) < 4.78 is 7.51. The maximum Gasteiger partial charge on any atom is 0.261 e. The highest BCUT2D eigenvalue weighted by Gasteiger charge is 2.23. The van der Waals surface area contributed by atoms with Gasteiger partial charge in [-0.1, -0.05) is 37.1 Å². The van der Waals surface area contributed by atoms with E-state index < -0.39 is 5.91 Å². The van der Waals surface area contributed by atoms with Crippen molar-refractivity contribution in [2.24, 2.45) is 0 Å². The molecule has 5 nitrogen and oxygen atoms in total. The number of pyridine rings is 1. The number of halogens is 1. The van der Waals surface area contributed by atoms with Gasteiger partial charge in [-0.2, -0.15) is 0 Å². The van der Waals surface area contributed by atoms with Crippen molar-refractivity contribution in [2.45, 2.75) is 33.2 Å². The number of para-hydroxylation sites is 1. The van der Waals surface area contributed by atoms with Gasteiger partial charge >= 0.3 is 0 Å². The van der Waals surface area contributed by atoms with Gasteiger partial charge in [-0.05, 0) is 37.6 Å². The standard InChI is InChI=1S/C21H21ClN2O3/c1-3-4-11-24-14(2)13-17(25)19(20(24)18-10-7-12-27-18)21(26)23-16-9-6-5-8-15(16)22/h5-10,12-13H,3-4,11H2,1-2H3,(H,23,26). The van der Waals surface area contributed by atoms with E-state index in [0.29, 0.717) is 28.7 Å². The number of furan rings is 1. The molecule has 3 aromatic rings. The van der Waals surface area contributed by atoms with E-state index in [1.165, 1.54) is 12.3 Å². The van der Waals surface area contributed by atoms with Crippen LogP contribution in [0.15, 0.2) is 57.9 Å². The first kappa shape index (κ1) is 19.0. The molecule has 0 fully saturated rings. The fourth-order valence-corrected chi connectivity index (χ4v) is 3.19. The second-order valence-electron chi connectivity index (χ2n) is 6.29. The third kappa shape index (κ3) is 3.98. The van der Waals surface area contributed by atoms with Crippen molar-refractivity contribution in [3.05, 3.63) is 75.2 Å². The Morgan fingerprint density at radius 3 is 2.67 bits per heavy atom. The molecule has 2 aromatic heterocycles. The molecule has 0 atom stereocenters. The van der Waals surface area contributed by atoms with Gasteiger partial charge in [0.2, 0.25) is 0 Å². The minimum atomic E-state index is -0.509. The Labute approximate surface area is 162 Å². The largest absolute Gasteiger partial charge is 0.463 e. The second-order valence-corrected chi connectivity index (χ2v) is 6.70. The number of carbonyl (C=O) groups is 1. The van der Waals surface area contributed by atoms with Gasteiger partial charge in [0.25, 0.3) is 5.91 Å². The molecule has 1 N–H and O–H groups in total. The SMILES string of the molecule is CCCCn1c(C)cc(=O)c(C(=O)Nc2ccccc2Cl)c1-c1ccco1. The number of hydrogen-bond acceptors (Lipinski definition) is 3. The molecule has 3 rings (SSSR count). The molecule has 6 heteroatoms. The summed E-state index contributed by atoms with van der Waals surface area (Å²) in [5.41, 5.74) is 1.43. The first-order valence-corrected chi connectivity index (χ1v) is 9.25. The molecule has 0 radical (unpaired) electrons. The van der Waals surface area contributed by atoms with Crippen molar-refractivity contribution in [3.63, 3.8) is 0 Å². The summed E-state index contributed by atoms with van der Waals surface area (Å²) in [4.78, 5) is 25.8. The van der Waals surface area contributed by atoms with Gasteiger partial charge in [-0.15, -0.1) is 0 Å². The molecular weight excluding hydrogens is 364 g/mol. The average Bonchev–Trinajstić information content (AvgIpc) is 3.16. The number of unbranched alkanes of at least 4 members (excludes halogenated alkanes) is 1. The fraction of sp³-hybridized carbons (Fsp3) is 0.238. The number of aromatic nitrogens is 1. The number of benzene rings is 1. The van der Waals surface area contributed by atoms with Gasteiger partial charge in [-0.25, -0.2) is 0 Å². The van der Waals surface area contributed by atoms with Crippen LogP contribution in [-0.4, -0.2) is 10.5 Å². The summed E-state index contributed by atoms with van der Waals surface area (Å²) in [6.45, 7) is 4.64. The van der Waals surface area contributed by atoms with Gasteiger partial charge in [-0.3, -0.25) is 9.59 Å². The molecule has 0 aliphatic rings. The van der Waals surface area contributed by atoms with Gasteiger partial charge in [0.05, 0.1) is 17.0 Å². The number of nitrogens with zero attached hydrogens (tertiary/aromatic N) is 1. The maximum atomic E-state index is 13.0. The highest BCUT2D eigenvalue weighted by atomic mass is 35.5. The fourth-order valence-electron chi connectivity index (χ4n) is 3.01. The average molecular weight is 385 g/mol. The molecular formula is C21H21ClN2O3. The number of anilines is 1. The van der Waals surface area contributed by atoms with E-state index in [4.69, 9.17) is 16.0 Å². The summed E-state index contributed by atoms with van der Waals surface area (Å²) in [5.74, 6) is -0.0269. The third-order valence-electron chi connectivity index (χ3n) is 4.36. The first-order valence-electron chi connectivity index (χ1n) is 8.87. The number of amides is 1. The van der Waals surface area contributed by atoms with Crippen molar-refractivity contribution in [2.75, 3.05) is 5.32 Å². The summed E-state index contributed by atoms with van der Waals surface area (Å²) in [5, 5.41) is 3.15.